The third kappa shape index (κ3) is 3.33. The molecule has 0 N–H and O–H groups in total. The summed E-state index contributed by atoms with van der Waals surface area (Å²) < 4.78 is 5.44. The molecule has 22 heavy (non-hydrogen) atoms. The Bertz CT molecular complexity index is 619. The molecule has 8 heteroatoms. The Morgan fingerprint density at radius 3 is 2.55 bits per heavy atom. The molecule has 1 saturated heterocycles. The molecule has 1 aliphatic heterocycles. The van der Waals surface area contributed by atoms with E-state index in [4.69, 9.17) is 4.42 Å². The third-order valence-corrected chi connectivity index (χ3v) is 3.72. The zero-order chi connectivity index (χ0) is 15.5. The monoisotopic (exact) mass is 303 g/mol. The van der Waals surface area contributed by atoms with Crippen molar-refractivity contribution in [3.63, 3.8) is 0 Å². The van der Waals surface area contributed by atoms with Crippen molar-refractivity contribution in [1.82, 2.24) is 25.1 Å². The van der Waals surface area contributed by atoms with E-state index in [1.54, 1.807) is 6.33 Å². The van der Waals surface area contributed by atoms with Gasteiger partial charge in [0.05, 0.1) is 6.54 Å². The van der Waals surface area contributed by atoms with Crippen molar-refractivity contribution in [1.29, 1.82) is 0 Å². The molecule has 1 aliphatic rings. The number of nitrogens with zero attached hydrogens (tertiary/aromatic N) is 7. The van der Waals surface area contributed by atoms with Gasteiger partial charge >= 0.3 is 0 Å². The minimum absolute atomic E-state index is 0.617. The largest absolute Gasteiger partial charge is 0.424 e. The molecule has 0 aliphatic carbocycles. The molecule has 3 heterocycles. The van der Waals surface area contributed by atoms with Crippen molar-refractivity contribution < 1.29 is 4.42 Å². The summed E-state index contributed by atoms with van der Waals surface area (Å²) in [5, 5.41) is 7.92. The highest BCUT2D eigenvalue weighted by Gasteiger charge is 2.20. The van der Waals surface area contributed by atoms with E-state index in [1.807, 2.05) is 32.0 Å². The van der Waals surface area contributed by atoms with Crippen LogP contribution in [0.3, 0.4) is 0 Å². The molecular weight excluding hydrogens is 282 g/mol. The van der Waals surface area contributed by atoms with E-state index in [0.717, 1.165) is 37.8 Å². The lowest BCUT2D eigenvalue weighted by molar-refractivity contribution is 0.224. The Morgan fingerprint density at radius 1 is 1.14 bits per heavy atom. The van der Waals surface area contributed by atoms with Crippen LogP contribution in [0.2, 0.25) is 0 Å². The minimum atomic E-state index is 0.617. The number of hydrogen-bond donors (Lipinski definition) is 0. The van der Waals surface area contributed by atoms with Crippen molar-refractivity contribution in [2.75, 3.05) is 50.1 Å². The van der Waals surface area contributed by atoms with Crippen LogP contribution in [0.15, 0.2) is 16.8 Å². The quantitative estimate of drug-likeness (QED) is 0.811. The van der Waals surface area contributed by atoms with E-state index < -0.39 is 0 Å². The van der Waals surface area contributed by atoms with Gasteiger partial charge < -0.3 is 14.2 Å². The molecule has 0 bridgehead atoms. The number of piperazine rings is 1. The Kier molecular flexibility index (Phi) is 4.19. The van der Waals surface area contributed by atoms with Gasteiger partial charge in [0.15, 0.2) is 0 Å². The van der Waals surface area contributed by atoms with Crippen molar-refractivity contribution in [3.05, 3.63) is 24.2 Å². The van der Waals surface area contributed by atoms with Crippen molar-refractivity contribution in [2.24, 2.45) is 0 Å². The van der Waals surface area contributed by atoms with Gasteiger partial charge in [-0.1, -0.05) is 0 Å². The van der Waals surface area contributed by atoms with Crippen LogP contribution in [0.25, 0.3) is 0 Å². The van der Waals surface area contributed by atoms with Gasteiger partial charge in [-0.3, -0.25) is 4.90 Å². The van der Waals surface area contributed by atoms with Crippen molar-refractivity contribution in [2.45, 2.75) is 13.5 Å². The second-order valence-corrected chi connectivity index (χ2v) is 5.61. The predicted octanol–water partition coefficient (Wildman–Crippen LogP) is 0.556. The minimum Gasteiger partial charge on any atom is -0.424 e. The van der Waals surface area contributed by atoms with Gasteiger partial charge in [0.2, 0.25) is 11.8 Å². The molecule has 2 aromatic rings. The van der Waals surface area contributed by atoms with Gasteiger partial charge in [0, 0.05) is 53.3 Å². The van der Waals surface area contributed by atoms with Gasteiger partial charge in [0.1, 0.15) is 18.0 Å². The zero-order valence-electron chi connectivity index (χ0n) is 13.2. The van der Waals surface area contributed by atoms with Crippen LogP contribution in [-0.4, -0.2) is 65.3 Å². The van der Waals surface area contributed by atoms with Crippen LogP contribution in [0.4, 0.5) is 11.6 Å². The summed E-state index contributed by atoms with van der Waals surface area (Å²) in [6.07, 6.45) is 1.62. The molecule has 0 aromatic carbocycles. The lowest BCUT2D eigenvalue weighted by atomic mass is 10.3. The summed E-state index contributed by atoms with van der Waals surface area (Å²) in [6, 6.07) is 2.02. The first-order valence-corrected chi connectivity index (χ1v) is 7.37. The second-order valence-electron chi connectivity index (χ2n) is 5.61. The standard InChI is InChI=1S/C14H21N7O/c1-11-17-18-14(22-11)9-20-4-6-21(7-5-20)13-8-12(19(2)3)15-10-16-13/h8,10H,4-7,9H2,1-3H3. The van der Waals surface area contributed by atoms with Crippen LogP contribution in [-0.2, 0) is 6.54 Å². The fourth-order valence-corrected chi connectivity index (χ4v) is 2.48. The molecule has 8 nitrogen and oxygen atoms in total. The van der Waals surface area contributed by atoms with Crippen LogP contribution < -0.4 is 9.80 Å². The van der Waals surface area contributed by atoms with Crippen molar-refractivity contribution >= 4 is 11.6 Å². The Labute approximate surface area is 129 Å². The van der Waals surface area contributed by atoms with E-state index in [2.05, 4.69) is 30.0 Å². The molecule has 3 rings (SSSR count). The normalized spacial score (nSPS) is 16.0. The molecule has 0 spiro atoms. The Morgan fingerprint density at radius 2 is 1.91 bits per heavy atom. The zero-order valence-corrected chi connectivity index (χ0v) is 13.2. The number of aromatic nitrogens is 4. The summed E-state index contributed by atoms with van der Waals surface area (Å²) in [4.78, 5) is 15.2. The van der Waals surface area contributed by atoms with Crippen LogP contribution in [0.5, 0.6) is 0 Å². The summed E-state index contributed by atoms with van der Waals surface area (Å²) in [7, 11) is 3.97. The molecule has 2 aromatic heterocycles. The smallest absolute Gasteiger partial charge is 0.230 e. The van der Waals surface area contributed by atoms with E-state index in [-0.39, 0.29) is 0 Å². The number of hydrogen-bond acceptors (Lipinski definition) is 8. The van der Waals surface area contributed by atoms with E-state index in [9.17, 15) is 0 Å². The molecule has 0 unspecified atom stereocenters. The van der Waals surface area contributed by atoms with Gasteiger partial charge in [-0.05, 0) is 0 Å². The molecule has 118 valence electrons. The van der Waals surface area contributed by atoms with Crippen LogP contribution in [0.1, 0.15) is 11.8 Å². The molecular formula is C14H21N7O. The number of aryl methyl sites for hydroxylation is 1. The fraction of sp³-hybridized carbons (Fsp3) is 0.571. The fourth-order valence-electron chi connectivity index (χ4n) is 2.48. The van der Waals surface area contributed by atoms with Crippen molar-refractivity contribution in [3.8, 4) is 0 Å². The van der Waals surface area contributed by atoms with Gasteiger partial charge in [-0.2, -0.15) is 0 Å². The molecule has 0 atom stereocenters. The maximum absolute atomic E-state index is 5.44. The van der Waals surface area contributed by atoms with E-state index in [1.165, 1.54) is 0 Å². The maximum atomic E-state index is 5.44. The first-order valence-electron chi connectivity index (χ1n) is 7.37. The maximum Gasteiger partial charge on any atom is 0.230 e. The summed E-state index contributed by atoms with van der Waals surface area (Å²) in [5.41, 5.74) is 0. The van der Waals surface area contributed by atoms with Crippen LogP contribution >= 0.6 is 0 Å². The summed E-state index contributed by atoms with van der Waals surface area (Å²) in [5.74, 6) is 3.20. The molecule has 0 amide bonds. The second kappa shape index (κ2) is 6.27. The topological polar surface area (TPSA) is 74.4 Å². The SMILES string of the molecule is Cc1nnc(CN2CCN(c3cc(N(C)C)ncn3)CC2)o1. The average molecular weight is 303 g/mol. The van der Waals surface area contributed by atoms with Gasteiger partial charge in [0.25, 0.3) is 0 Å². The molecule has 0 saturated carbocycles. The first-order chi connectivity index (χ1) is 10.6. The molecule has 1 fully saturated rings. The lowest BCUT2D eigenvalue weighted by Crippen LogP contribution is -2.46. The predicted molar refractivity (Wildman–Crippen MR) is 82.9 cm³/mol. The van der Waals surface area contributed by atoms with E-state index in [0.29, 0.717) is 18.3 Å². The summed E-state index contributed by atoms with van der Waals surface area (Å²) in [6.45, 7) is 6.27. The average Bonchev–Trinajstić information content (AvgIpc) is 2.93. The third-order valence-electron chi connectivity index (χ3n) is 3.72. The Hall–Kier alpha value is -2.22. The first kappa shape index (κ1) is 14.7. The Balaban J connectivity index is 1.58. The number of rotatable bonds is 4. The highest BCUT2D eigenvalue weighted by molar-refractivity contribution is 5.49. The summed E-state index contributed by atoms with van der Waals surface area (Å²) >= 11 is 0. The number of anilines is 2. The van der Waals surface area contributed by atoms with E-state index >= 15 is 0 Å². The highest BCUT2D eigenvalue weighted by Crippen LogP contribution is 2.18. The van der Waals surface area contributed by atoms with Gasteiger partial charge in [-0.25, -0.2) is 9.97 Å². The highest BCUT2D eigenvalue weighted by atomic mass is 16.4. The van der Waals surface area contributed by atoms with Gasteiger partial charge in [-0.15, -0.1) is 10.2 Å². The van der Waals surface area contributed by atoms with Crippen LogP contribution in [0, 0.1) is 6.92 Å². The molecule has 0 radical (unpaired) electrons. The lowest BCUT2D eigenvalue weighted by Gasteiger charge is -2.34.